The Hall–Kier alpha value is -1.52. The molecular formula is C15H22N2O2. The highest BCUT2D eigenvalue weighted by Crippen LogP contribution is 2.11. The number of ketones is 1. The zero-order chi connectivity index (χ0) is 14.1. The van der Waals surface area contributed by atoms with E-state index in [1.807, 2.05) is 30.3 Å². The van der Waals surface area contributed by atoms with Crippen molar-refractivity contribution < 1.29 is 9.59 Å². The molecule has 0 aromatic heterocycles. The lowest BCUT2D eigenvalue weighted by molar-refractivity contribution is -0.128. The molecule has 0 bridgehead atoms. The van der Waals surface area contributed by atoms with Crippen LogP contribution in [-0.2, 0) is 16.0 Å². The molecule has 1 aromatic rings. The van der Waals surface area contributed by atoms with Gasteiger partial charge in [0.05, 0.1) is 12.0 Å². The molecule has 104 valence electrons. The van der Waals surface area contributed by atoms with E-state index in [1.54, 1.807) is 0 Å². The number of hydrogen-bond donors (Lipinski definition) is 2. The van der Waals surface area contributed by atoms with Crippen LogP contribution in [0, 0.1) is 5.92 Å². The third kappa shape index (κ3) is 5.32. The molecule has 0 aliphatic carbocycles. The van der Waals surface area contributed by atoms with Gasteiger partial charge < -0.3 is 16.3 Å². The number of unbranched alkanes of at least 4 members (excludes halogenated alkanes) is 1. The van der Waals surface area contributed by atoms with Crippen LogP contribution in [0.3, 0.4) is 0 Å². The molecule has 0 spiro atoms. The Morgan fingerprint density at radius 1 is 1.21 bits per heavy atom. The molecule has 1 aromatic carbocycles. The number of nitrogens with two attached hydrogens (primary N) is 2. The molecule has 0 aliphatic heterocycles. The first kappa shape index (κ1) is 15.5. The van der Waals surface area contributed by atoms with E-state index in [2.05, 4.69) is 0 Å². The van der Waals surface area contributed by atoms with Crippen LogP contribution in [0.2, 0.25) is 0 Å². The Morgan fingerprint density at radius 2 is 1.89 bits per heavy atom. The Balaban J connectivity index is 2.54. The van der Waals surface area contributed by atoms with Crippen molar-refractivity contribution in [1.29, 1.82) is 0 Å². The minimum absolute atomic E-state index is 0.170. The molecule has 0 fully saturated rings. The van der Waals surface area contributed by atoms with Crippen molar-refractivity contribution in [1.82, 2.24) is 0 Å². The zero-order valence-corrected chi connectivity index (χ0v) is 11.1. The van der Waals surface area contributed by atoms with Gasteiger partial charge in [-0.25, -0.2) is 0 Å². The van der Waals surface area contributed by atoms with Crippen LogP contribution >= 0.6 is 0 Å². The van der Waals surface area contributed by atoms with Crippen LogP contribution in [-0.4, -0.2) is 24.7 Å². The average molecular weight is 262 g/mol. The number of carbonyl (C=O) groups is 2. The SMILES string of the molecule is NCCCC[C@H](N)C(=O)C(C=O)Cc1ccccc1. The molecular weight excluding hydrogens is 240 g/mol. The number of Topliss-reactive ketones (excluding diaryl/α,β-unsaturated/α-hetero) is 1. The van der Waals surface area contributed by atoms with Crippen LogP contribution < -0.4 is 11.5 Å². The van der Waals surface area contributed by atoms with E-state index in [9.17, 15) is 9.59 Å². The van der Waals surface area contributed by atoms with Crippen LogP contribution in [0.25, 0.3) is 0 Å². The van der Waals surface area contributed by atoms with E-state index in [0.29, 0.717) is 25.7 Å². The summed E-state index contributed by atoms with van der Waals surface area (Å²) in [7, 11) is 0. The molecule has 0 amide bonds. The van der Waals surface area contributed by atoms with Gasteiger partial charge in [-0.05, 0) is 31.4 Å². The van der Waals surface area contributed by atoms with Gasteiger partial charge in [-0.3, -0.25) is 4.79 Å². The summed E-state index contributed by atoms with van der Waals surface area (Å²) >= 11 is 0. The molecule has 1 rings (SSSR count). The maximum Gasteiger partial charge on any atom is 0.159 e. The van der Waals surface area contributed by atoms with Gasteiger partial charge in [0.1, 0.15) is 6.29 Å². The Bertz CT molecular complexity index is 392. The van der Waals surface area contributed by atoms with Crippen LogP contribution in [0.4, 0.5) is 0 Å². The maximum atomic E-state index is 12.1. The van der Waals surface area contributed by atoms with Gasteiger partial charge in [0.2, 0.25) is 0 Å². The van der Waals surface area contributed by atoms with Crippen molar-refractivity contribution in [2.45, 2.75) is 31.7 Å². The molecule has 0 saturated heterocycles. The number of aldehydes is 1. The second-order valence-electron chi connectivity index (χ2n) is 4.73. The van der Waals surface area contributed by atoms with Crippen LogP contribution in [0.15, 0.2) is 30.3 Å². The molecule has 2 atom stereocenters. The van der Waals surface area contributed by atoms with E-state index in [-0.39, 0.29) is 5.78 Å². The molecule has 0 saturated carbocycles. The van der Waals surface area contributed by atoms with Crippen molar-refractivity contribution in [3.63, 3.8) is 0 Å². The molecule has 4 heteroatoms. The summed E-state index contributed by atoms with van der Waals surface area (Å²) in [5.41, 5.74) is 12.2. The first-order chi connectivity index (χ1) is 9.19. The topological polar surface area (TPSA) is 86.2 Å². The Labute approximate surface area is 114 Å². The summed E-state index contributed by atoms with van der Waals surface area (Å²) in [6.45, 7) is 0.599. The van der Waals surface area contributed by atoms with Crippen molar-refractivity contribution in [3.8, 4) is 0 Å². The molecule has 4 N–H and O–H groups in total. The predicted molar refractivity (Wildman–Crippen MR) is 75.6 cm³/mol. The molecule has 19 heavy (non-hydrogen) atoms. The Kier molecular flexibility index (Phi) is 7.00. The molecule has 0 heterocycles. The minimum atomic E-state index is -0.643. The van der Waals surface area contributed by atoms with Gasteiger partial charge in [-0.2, -0.15) is 0 Å². The first-order valence-corrected chi connectivity index (χ1v) is 6.67. The second kappa shape index (κ2) is 8.56. The van der Waals surface area contributed by atoms with E-state index in [4.69, 9.17) is 11.5 Å². The normalized spacial score (nSPS) is 13.8. The largest absolute Gasteiger partial charge is 0.330 e. The summed E-state index contributed by atoms with van der Waals surface area (Å²) in [6.07, 6.45) is 3.40. The highest BCUT2D eigenvalue weighted by molar-refractivity contribution is 5.96. The molecule has 4 nitrogen and oxygen atoms in total. The highest BCUT2D eigenvalue weighted by atomic mass is 16.1. The van der Waals surface area contributed by atoms with Gasteiger partial charge in [0.15, 0.2) is 5.78 Å². The lowest BCUT2D eigenvalue weighted by Crippen LogP contribution is -2.37. The fourth-order valence-corrected chi connectivity index (χ4v) is 2.01. The number of benzene rings is 1. The highest BCUT2D eigenvalue weighted by Gasteiger charge is 2.23. The van der Waals surface area contributed by atoms with Crippen LogP contribution in [0.1, 0.15) is 24.8 Å². The quantitative estimate of drug-likeness (QED) is 0.396. The average Bonchev–Trinajstić information content (AvgIpc) is 2.45. The third-order valence-corrected chi connectivity index (χ3v) is 3.16. The lowest BCUT2D eigenvalue weighted by Gasteiger charge is -2.15. The minimum Gasteiger partial charge on any atom is -0.330 e. The monoisotopic (exact) mass is 262 g/mol. The molecule has 1 unspecified atom stereocenters. The van der Waals surface area contributed by atoms with Gasteiger partial charge in [0.25, 0.3) is 0 Å². The standard InChI is InChI=1S/C15H22N2O2/c16-9-5-4-8-14(17)15(19)13(11-18)10-12-6-2-1-3-7-12/h1-3,6-7,11,13-14H,4-5,8-10,16-17H2/t13?,14-/m0/s1. The second-order valence-corrected chi connectivity index (χ2v) is 4.73. The van der Waals surface area contributed by atoms with Gasteiger partial charge >= 0.3 is 0 Å². The van der Waals surface area contributed by atoms with Gasteiger partial charge in [0, 0.05) is 0 Å². The van der Waals surface area contributed by atoms with Crippen molar-refractivity contribution >= 4 is 12.1 Å². The summed E-state index contributed by atoms with van der Waals surface area (Å²) in [4.78, 5) is 23.2. The van der Waals surface area contributed by atoms with E-state index < -0.39 is 12.0 Å². The maximum absolute atomic E-state index is 12.1. The van der Waals surface area contributed by atoms with Crippen LogP contribution in [0.5, 0.6) is 0 Å². The van der Waals surface area contributed by atoms with Gasteiger partial charge in [-0.1, -0.05) is 36.8 Å². The molecule has 0 aliphatic rings. The van der Waals surface area contributed by atoms with Gasteiger partial charge in [-0.15, -0.1) is 0 Å². The summed E-state index contributed by atoms with van der Waals surface area (Å²) in [5, 5.41) is 0. The van der Waals surface area contributed by atoms with E-state index >= 15 is 0 Å². The third-order valence-electron chi connectivity index (χ3n) is 3.16. The fraction of sp³-hybridized carbons (Fsp3) is 0.467. The molecule has 0 radical (unpaired) electrons. The fourth-order valence-electron chi connectivity index (χ4n) is 2.01. The number of hydrogen-bond acceptors (Lipinski definition) is 4. The predicted octanol–water partition coefficient (Wildman–Crippen LogP) is 1.07. The smallest absolute Gasteiger partial charge is 0.159 e. The summed E-state index contributed by atoms with van der Waals surface area (Å²) in [6, 6.07) is 8.93. The van der Waals surface area contributed by atoms with E-state index in [1.165, 1.54) is 0 Å². The number of carbonyl (C=O) groups excluding carboxylic acids is 2. The summed E-state index contributed by atoms with van der Waals surface area (Å²) < 4.78 is 0. The zero-order valence-electron chi connectivity index (χ0n) is 11.1. The Morgan fingerprint density at radius 3 is 2.47 bits per heavy atom. The lowest BCUT2D eigenvalue weighted by atomic mass is 9.91. The van der Waals surface area contributed by atoms with E-state index in [0.717, 1.165) is 18.4 Å². The number of rotatable bonds is 9. The first-order valence-electron chi connectivity index (χ1n) is 6.67. The van der Waals surface area contributed by atoms with Crippen molar-refractivity contribution in [2.24, 2.45) is 17.4 Å². The summed E-state index contributed by atoms with van der Waals surface area (Å²) in [5.74, 6) is -0.814. The van der Waals surface area contributed by atoms with Crippen molar-refractivity contribution in [2.75, 3.05) is 6.54 Å². The van der Waals surface area contributed by atoms with Crippen molar-refractivity contribution in [3.05, 3.63) is 35.9 Å².